The molecule has 90 valence electrons. The summed E-state index contributed by atoms with van der Waals surface area (Å²) in [6, 6.07) is 0.779. The van der Waals surface area contributed by atoms with Gasteiger partial charge in [0.05, 0.1) is 0 Å². The summed E-state index contributed by atoms with van der Waals surface area (Å²) in [6.07, 6.45) is 8.26. The first-order chi connectivity index (χ1) is 7.09. The molecule has 1 rings (SSSR count). The van der Waals surface area contributed by atoms with Gasteiger partial charge in [0.2, 0.25) is 0 Å². The van der Waals surface area contributed by atoms with Crippen LogP contribution in [0.4, 0.5) is 0 Å². The van der Waals surface area contributed by atoms with Gasteiger partial charge in [-0.25, -0.2) is 0 Å². The van der Waals surface area contributed by atoms with E-state index in [0.29, 0.717) is 5.41 Å². The van der Waals surface area contributed by atoms with E-state index < -0.39 is 0 Å². The molecule has 0 spiro atoms. The fourth-order valence-electron chi connectivity index (χ4n) is 2.80. The highest BCUT2D eigenvalue weighted by molar-refractivity contribution is 4.84. The zero-order valence-electron chi connectivity index (χ0n) is 11.1. The van der Waals surface area contributed by atoms with Gasteiger partial charge in [-0.15, -0.1) is 0 Å². The van der Waals surface area contributed by atoms with Gasteiger partial charge in [-0.2, -0.15) is 0 Å². The van der Waals surface area contributed by atoms with Crippen molar-refractivity contribution in [2.45, 2.75) is 72.3 Å². The lowest BCUT2D eigenvalue weighted by Crippen LogP contribution is -2.39. The van der Waals surface area contributed by atoms with Crippen LogP contribution in [0.2, 0.25) is 0 Å². The lowest BCUT2D eigenvalue weighted by atomic mass is 9.71. The van der Waals surface area contributed by atoms with Crippen LogP contribution >= 0.6 is 0 Å². The normalized spacial score (nSPS) is 24.0. The first kappa shape index (κ1) is 13.0. The highest BCUT2D eigenvalue weighted by Crippen LogP contribution is 2.39. The van der Waals surface area contributed by atoms with Crippen LogP contribution in [0.25, 0.3) is 0 Å². The third kappa shape index (κ3) is 4.14. The van der Waals surface area contributed by atoms with Gasteiger partial charge in [0.25, 0.3) is 0 Å². The smallest absolute Gasteiger partial charge is 0.00927 e. The minimum Gasteiger partial charge on any atom is -0.314 e. The molecule has 0 aliphatic heterocycles. The summed E-state index contributed by atoms with van der Waals surface area (Å²) in [7, 11) is 0. The molecule has 15 heavy (non-hydrogen) atoms. The molecular formula is C14H29N. The van der Waals surface area contributed by atoms with E-state index in [1.54, 1.807) is 0 Å². The van der Waals surface area contributed by atoms with Crippen molar-refractivity contribution in [3.63, 3.8) is 0 Å². The Morgan fingerprint density at radius 1 is 1.20 bits per heavy atom. The van der Waals surface area contributed by atoms with Crippen molar-refractivity contribution in [3.8, 4) is 0 Å². The largest absolute Gasteiger partial charge is 0.314 e. The molecule has 1 heteroatoms. The van der Waals surface area contributed by atoms with Crippen molar-refractivity contribution in [2.24, 2.45) is 11.3 Å². The Bertz CT molecular complexity index is 164. The van der Waals surface area contributed by atoms with Crippen LogP contribution < -0.4 is 5.32 Å². The van der Waals surface area contributed by atoms with Crippen molar-refractivity contribution >= 4 is 0 Å². The molecule has 0 heterocycles. The second-order valence-corrected chi connectivity index (χ2v) is 5.97. The van der Waals surface area contributed by atoms with Crippen molar-refractivity contribution in [1.29, 1.82) is 0 Å². The quantitative estimate of drug-likeness (QED) is 0.725. The Kier molecular flexibility index (Phi) is 5.11. The summed E-state index contributed by atoms with van der Waals surface area (Å²) in [5.41, 5.74) is 0.611. The average molecular weight is 211 g/mol. The van der Waals surface area contributed by atoms with Crippen molar-refractivity contribution in [1.82, 2.24) is 5.32 Å². The minimum atomic E-state index is 0.611. The first-order valence-corrected chi connectivity index (χ1v) is 6.82. The van der Waals surface area contributed by atoms with Gasteiger partial charge in [-0.05, 0) is 56.4 Å². The summed E-state index contributed by atoms with van der Waals surface area (Å²) >= 11 is 0. The van der Waals surface area contributed by atoms with Crippen molar-refractivity contribution < 1.29 is 0 Å². The number of rotatable bonds is 5. The monoisotopic (exact) mass is 211 g/mol. The Morgan fingerprint density at radius 2 is 1.80 bits per heavy atom. The topological polar surface area (TPSA) is 12.0 Å². The van der Waals surface area contributed by atoms with Crippen LogP contribution in [0.1, 0.15) is 66.2 Å². The summed E-state index contributed by atoms with van der Waals surface area (Å²) < 4.78 is 0. The maximum absolute atomic E-state index is 3.72. The van der Waals surface area contributed by atoms with Gasteiger partial charge in [-0.1, -0.05) is 27.7 Å². The molecule has 0 aromatic heterocycles. The Hall–Kier alpha value is -0.0400. The number of hydrogen-bond acceptors (Lipinski definition) is 1. The fourth-order valence-corrected chi connectivity index (χ4v) is 2.80. The molecule has 0 saturated heterocycles. The predicted molar refractivity (Wildman–Crippen MR) is 68.1 cm³/mol. The molecule has 0 amide bonds. The van der Waals surface area contributed by atoms with Gasteiger partial charge in [-0.3, -0.25) is 0 Å². The van der Waals surface area contributed by atoms with Crippen LogP contribution in [-0.4, -0.2) is 12.6 Å². The van der Waals surface area contributed by atoms with Gasteiger partial charge in [0, 0.05) is 6.04 Å². The first-order valence-electron chi connectivity index (χ1n) is 6.82. The van der Waals surface area contributed by atoms with Crippen LogP contribution in [-0.2, 0) is 0 Å². The molecule has 0 aromatic rings. The molecule has 1 unspecified atom stereocenters. The summed E-state index contributed by atoms with van der Waals surface area (Å²) in [5.74, 6) is 0.939. The van der Waals surface area contributed by atoms with Crippen LogP contribution in [0.15, 0.2) is 0 Å². The molecule has 1 aliphatic rings. The van der Waals surface area contributed by atoms with Crippen LogP contribution in [0.5, 0.6) is 0 Å². The molecule has 0 aromatic carbocycles. The van der Waals surface area contributed by atoms with E-state index in [2.05, 4.69) is 33.0 Å². The summed E-state index contributed by atoms with van der Waals surface area (Å²) in [4.78, 5) is 0. The second kappa shape index (κ2) is 5.89. The Balaban J connectivity index is 2.35. The predicted octanol–water partition coefficient (Wildman–Crippen LogP) is 3.98. The summed E-state index contributed by atoms with van der Waals surface area (Å²) in [6.45, 7) is 10.6. The van der Waals surface area contributed by atoms with Gasteiger partial charge in [0.1, 0.15) is 0 Å². The van der Waals surface area contributed by atoms with E-state index in [9.17, 15) is 0 Å². The minimum absolute atomic E-state index is 0.611. The molecule has 1 N–H and O–H groups in total. The maximum atomic E-state index is 3.72. The lowest BCUT2D eigenvalue weighted by molar-refractivity contribution is 0.159. The molecule has 0 bridgehead atoms. The third-order valence-corrected chi connectivity index (χ3v) is 4.05. The van der Waals surface area contributed by atoms with E-state index in [1.807, 2.05) is 0 Å². The van der Waals surface area contributed by atoms with Crippen molar-refractivity contribution in [3.05, 3.63) is 0 Å². The highest BCUT2D eigenvalue weighted by atomic mass is 14.9. The Labute approximate surface area is 96.0 Å². The molecule has 1 nitrogen and oxygen atoms in total. The zero-order chi connectivity index (χ0) is 11.3. The second-order valence-electron chi connectivity index (χ2n) is 5.97. The molecule has 1 aliphatic carbocycles. The number of nitrogens with one attached hydrogen (secondary N) is 1. The van der Waals surface area contributed by atoms with E-state index in [-0.39, 0.29) is 0 Å². The molecule has 1 saturated carbocycles. The standard InChI is InChI=1S/C14H29N/c1-5-11-15-13(6-2)12-7-9-14(3,4)10-8-12/h12-13,15H,5-11H2,1-4H3. The third-order valence-electron chi connectivity index (χ3n) is 4.05. The average Bonchev–Trinajstić information content (AvgIpc) is 2.21. The van der Waals surface area contributed by atoms with Gasteiger partial charge < -0.3 is 5.32 Å². The van der Waals surface area contributed by atoms with E-state index >= 15 is 0 Å². The van der Waals surface area contributed by atoms with E-state index in [4.69, 9.17) is 0 Å². The zero-order valence-corrected chi connectivity index (χ0v) is 11.1. The SMILES string of the molecule is CCCNC(CC)C1CCC(C)(C)CC1. The summed E-state index contributed by atoms with van der Waals surface area (Å²) in [5, 5.41) is 3.72. The van der Waals surface area contributed by atoms with E-state index in [0.717, 1.165) is 12.0 Å². The van der Waals surface area contributed by atoms with Gasteiger partial charge >= 0.3 is 0 Å². The fraction of sp³-hybridized carbons (Fsp3) is 1.00. The van der Waals surface area contributed by atoms with Gasteiger partial charge in [0.15, 0.2) is 0 Å². The molecule has 1 fully saturated rings. The van der Waals surface area contributed by atoms with Crippen molar-refractivity contribution in [2.75, 3.05) is 6.54 Å². The van der Waals surface area contributed by atoms with Crippen LogP contribution in [0, 0.1) is 11.3 Å². The highest BCUT2D eigenvalue weighted by Gasteiger charge is 2.30. The lowest BCUT2D eigenvalue weighted by Gasteiger charge is -2.38. The Morgan fingerprint density at radius 3 is 2.27 bits per heavy atom. The molecule has 0 radical (unpaired) electrons. The number of hydrogen-bond donors (Lipinski definition) is 1. The molecule has 1 atom stereocenters. The van der Waals surface area contributed by atoms with Crippen LogP contribution in [0.3, 0.4) is 0 Å². The maximum Gasteiger partial charge on any atom is 0.00927 e. The molecular weight excluding hydrogens is 182 g/mol. The van der Waals surface area contributed by atoms with E-state index in [1.165, 1.54) is 45.1 Å².